The highest BCUT2D eigenvalue weighted by Crippen LogP contribution is 2.04. The van der Waals surface area contributed by atoms with E-state index in [1.54, 1.807) is 0 Å². The lowest BCUT2D eigenvalue weighted by Gasteiger charge is -1.96. The minimum atomic E-state index is 0.294. The molecule has 0 saturated heterocycles. The van der Waals surface area contributed by atoms with E-state index < -0.39 is 0 Å². The van der Waals surface area contributed by atoms with Gasteiger partial charge in [-0.3, -0.25) is 0 Å². The Hall–Kier alpha value is -1.10. The van der Waals surface area contributed by atoms with Gasteiger partial charge in [0.15, 0.2) is 0 Å². The van der Waals surface area contributed by atoms with E-state index in [2.05, 4.69) is 22.4 Å². The fraction of sp³-hybridized carbons (Fsp3) is 0.714. The Balaban J connectivity index is 2.31. The Kier molecular flexibility index (Phi) is 3.53. The van der Waals surface area contributed by atoms with Crippen molar-refractivity contribution >= 4 is 6.01 Å². The molecule has 0 radical (unpaired) electrons. The predicted molar refractivity (Wildman–Crippen MR) is 45.6 cm³/mol. The minimum Gasteiger partial charge on any atom is -0.407 e. The summed E-state index contributed by atoms with van der Waals surface area (Å²) in [5, 5.41) is 10.5. The monoisotopic (exact) mass is 170 g/mol. The summed E-state index contributed by atoms with van der Waals surface area (Å²) in [7, 11) is 0. The molecule has 5 nitrogen and oxygen atoms in total. The van der Waals surface area contributed by atoms with Crippen LogP contribution in [0.2, 0.25) is 0 Å². The van der Waals surface area contributed by atoms with Gasteiger partial charge < -0.3 is 15.5 Å². The van der Waals surface area contributed by atoms with Gasteiger partial charge in [0.2, 0.25) is 5.89 Å². The third kappa shape index (κ3) is 2.50. The van der Waals surface area contributed by atoms with Gasteiger partial charge in [0, 0.05) is 6.54 Å². The van der Waals surface area contributed by atoms with Crippen molar-refractivity contribution in [3.63, 3.8) is 0 Å². The smallest absolute Gasteiger partial charge is 0.315 e. The second-order valence-corrected chi connectivity index (χ2v) is 2.49. The van der Waals surface area contributed by atoms with Crippen molar-refractivity contribution < 1.29 is 4.42 Å². The molecule has 0 amide bonds. The Morgan fingerprint density at radius 3 is 2.92 bits per heavy atom. The quantitative estimate of drug-likeness (QED) is 0.637. The molecule has 0 aliphatic heterocycles. The third-order valence-corrected chi connectivity index (χ3v) is 1.45. The lowest BCUT2D eigenvalue weighted by Crippen LogP contribution is -2.00. The number of hydrogen-bond acceptors (Lipinski definition) is 5. The van der Waals surface area contributed by atoms with E-state index in [1.807, 2.05) is 0 Å². The summed E-state index contributed by atoms with van der Waals surface area (Å²) in [5.74, 6) is 0.467. The number of nitrogens with two attached hydrogens (primary N) is 1. The highest BCUT2D eigenvalue weighted by atomic mass is 16.4. The van der Waals surface area contributed by atoms with Crippen LogP contribution in [-0.2, 0) is 6.54 Å². The number of aromatic nitrogens is 2. The van der Waals surface area contributed by atoms with Gasteiger partial charge in [0.25, 0.3) is 0 Å². The fourth-order valence-corrected chi connectivity index (χ4v) is 0.780. The first-order valence-corrected chi connectivity index (χ1v) is 4.13. The summed E-state index contributed by atoms with van der Waals surface area (Å²) >= 11 is 0. The normalized spacial score (nSPS) is 10.2. The predicted octanol–water partition coefficient (Wildman–Crippen LogP) is 0.740. The van der Waals surface area contributed by atoms with Gasteiger partial charge >= 0.3 is 6.01 Å². The number of rotatable bonds is 5. The van der Waals surface area contributed by atoms with Crippen LogP contribution in [-0.4, -0.2) is 16.7 Å². The van der Waals surface area contributed by atoms with Crippen LogP contribution in [0.25, 0.3) is 0 Å². The molecule has 0 aliphatic carbocycles. The Labute approximate surface area is 71.3 Å². The largest absolute Gasteiger partial charge is 0.407 e. The lowest BCUT2D eigenvalue weighted by molar-refractivity contribution is 0.506. The third-order valence-electron chi connectivity index (χ3n) is 1.45. The Bertz CT molecular complexity index is 223. The van der Waals surface area contributed by atoms with Gasteiger partial charge in [-0.05, 0) is 6.42 Å². The summed E-state index contributed by atoms with van der Waals surface area (Å²) < 4.78 is 5.12. The van der Waals surface area contributed by atoms with Crippen LogP contribution in [0.15, 0.2) is 4.42 Å². The van der Waals surface area contributed by atoms with E-state index in [1.165, 1.54) is 0 Å². The Morgan fingerprint density at radius 2 is 2.33 bits per heavy atom. The van der Waals surface area contributed by atoms with E-state index in [9.17, 15) is 0 Å². The van der Waals surface area contributed by atoms with Crippen molar-refractivity contribution in [2.75, 3.05) is 11.9 Å². The molecule has 5 heteroatoms. The summed E-state index contributed by atoms with van der Waals surface area (Å²) in [5.41, 5.74) is 5.29. The van der Waals surface area contributed by atoms with E-state index >= 15 is 0 Å². The van der Waals surface area contributed by atoms with Gasteiger partial charge in [-0.15, -0.1) is 5.10 Å². The van der Waals surface area contributed by atoms with Crippen molar-refractivity contribution in [2.24, 2.45) is 5.73 Å². The van der Waals surface area contributed by atoms with E-state index in [0.717, 1.165) is 19.4 Å². The fourth-order valence-electron chi connectivity index (χ4n) is 0.780. The molecule has 0 unspecified atom stereocenters. The number of nitrogens with one attached hydrogen (secondary N) is 1. The summed E-state index contributed by atoms with van der Waals surface area (Å²) in [6, 6.07) is 0.462. The van der Waals surface area contributed by atoms with Crippen molar-refractivity contribution in [1.82, 2.24) is 10.2 Å². The lowest BCUT2D eigenvalue weighted by atomic mass is 10.3. The number of hydrogen-bond donors (Lipinski definition) is 2. The molecule has 1 aromatic heterocycles. The molecule has 0 saturated carbocycles. The zero-order valence-corrected chi connectivity index (χ0v) is 7.21. The summed E-state index contributed by atoms with van der Waals surface area (Å²) in [4.78, 5) is 0. The van der Waals surface area contributed by atoms with Gasteiger partial charge in [-0.2, -0.15) is 0 Å². The van der Waals surface area contributed by atoms with Crippen molar-refractivity contribution in [1.29, 1.82) is 0 Å². The molecule has 0 fully saturated rings. The van der Waals surface area contributed by atoms with Gasteiger partial charge in [-0.25, -0.2) is 0 Å². The van der Waals surface area contributed by atoms with Crippen LogP contribution in [0.5, 0.6) is 0 Å². The zero-order chi connectivity index (χ0) is 8.81. The maximum atomic E-state index is 5.29. The molecular weight excluding hydrogens is 156 g/mol. The van der Waals surface area contributed by atoms with Crippen LogP contribution in [0.1, 0.15) is 25.7 Å². The average Bonchev–Trinajstić information content (AvgIpc) is 2.53. The van der Waals surface area contributed by atoms with Crippen molar-refractivity contribution in [2.45, 2.75) is 26.3 Å². The standard InChI is InChI=1S/C7H14N4O/c1-2-3-4-9-7-11-10-6(5-8)12-7/h2-5,8H2,1H3,(H,9,11). The number of anilines is 1. The summed E-state index contributed by atoms with van der Waals surface area (Å²) in [6.07, 6.45) is 2.24. The van der Waals surface area contributed by atoms with Crippen LogP contribution in [0, 0.1) is 0 Å². The highest BCUT2D eigenvalue weighted by Gasteiger charge is 2.01. The first-order chi connectivity index (χ1) is 5.86. The van der Waals surface area contributed by atoms with Gasteiger partial charge in [-0.1, -0.05) is 18.4 Å². The van der Waals surface area contributed by atoms with Crippen molar-refractivity contribution in [3.8, 4) is 0 Å². The molecule has 0 bridgehead atoms. The maximum Gasteiger partial charge on any atom is 0.315 e. The number of unbranched alkanes of at least 4 members (excludes halogenated alkanes) is 1. The van der Waals surface area contributed by atoms with E-state index in [4.69, 9.17) is 10.2 Å². The zero-order valence-electron chi connectivity index (χ0n) is 7.21. The van der Waals surface area contributed by atoms with Crippen LogP contribution >= 0.6 is 0 Å². The highest BCUT2D eigenvalue weighted by molar-refractivity contribution is 5.16. The molecule has 1 aromatic rings. The van der Waals surface area contributed by atoms with Crippen LogP contribution < -0.4 is 11.1 Å². The van der Waals surface area contributed by atoms with Gasteiger partial charge in [0.05, 0.1) is 6.54 Å². The van der Waals surface area contributed by atoms with E-state index in [0.29, 0.717) is 18.5 Å². The molecule has 3 N–H and O–H groups in total. The second-order valence-electron chi connectivity index (χ2n) is 2.49. The van der Waals surface area contributed by atoms with E-state index in [-0.39, 0.29) is 0 Å². The number of nitrogens with zero attached hydrogens (tertiary/aromatic N) is 2. The average molecular weight is 170 g/mol. The molecule has 0 aromatic carbocycles. The molecule has 68 valence electrons. The topological polar surface area (TPSA) is 77.0 Å². The summed E-state index contributed by atoms with van der Waals surface area (Å²) in [6.45, 7) is 3.28. The first kappa shape index (κ1) is 8.99. The minimum absolute atomic E-state index is 0.294. The molecule has 0 aliphatic rings. The van der Waals surface area contributed by atoms with Gasteiger partial charge in [0.1, 0.15) is 0 Å². The molecule has 1 heterocycles. The molecule has 0 spiro atoms. The SMILES string of the molecule is CCCCNc1nnc(CN)o1. The maximum absolute atomic E-state index is 5.29. The Morgan fingerprint density at radius 1 is 1.50 bits per heavy atom. The second kappa shape index (κ2) is 4.71. The molecule has 1 rings (SSSR count). The van der Waals surface area contributed by atoms with Crippen LogP contribution in [0.4, 0.5) is 6.01 Å². The molecular formula is C7H14N4O. The van der Waals surface area contributed by atoms with Crippen molar-refractivity contribution in [3.05, 3.63) is 5.89 Å². The molecule has 12 heavy (non-hydrogen) atoms. The first-order valence-electron chi connectivity index (χ1n) is 4.13. The van der Waals surface area contributed by atoms with Crippen LogP contribution in [0.3, 0.4) is 0 Å². The molecule has 0 atom stereocenters.